The van der Waals surface area contributed by atoms with Crippen LogP contribution in [0.1, 0.15) is 18.1 Å². The van der Waals surface area contributed by atoms with Crippen molar-refractivity contribution in [1.29, 1.82) is 0 Å². The summed E-state index contributed by atoms with van der Waals surface area (Å²) in [4.78, 5) is 2.07. The van der Waals surface area contributed by atoms with Gasteiger partial charge in [0, 0.05) is 18.5 Å². The van der Waals surface area contributed by atoms with Crippen LogP contribution in [0.3, 0.4) is 0 Å². The zero-order chi connectivity index (χ0) is 15.2. The molecular formula is C16H27NO3. The molecule has 0 aromatic heterocycles. The van der Waals surface area contributed by atoms with Crippen LogP contribution >= 0.6 is 0 Å². The number of benzene rings is 1. The molecule has 0 radical (unpaired) electrons. The number of likely N-dealkylation sites (N-methyl/N-ethyl adjacent to an activating group) is 1. The number of aryl methyl sites for hydroxylation is 2. The molecule has 1 rings (SSSR count). The molecule has 114 valence electrons. The Labute approximate surface area is 122 Å². The molecule has 0 atom stereocenters. The SMILES string of the molecule is Cc1cccc(C)c1OCCN(C)CC(C)(CO)CO. The van der Waals surface area contributed by atoms with Crippen molar-refractivity contribution in [3.63, 3.8) is 0 Å². The van der Waals surface area contributed by atoms with Gasteiger partial charge >= 0.3 is 0 Å². The van der Waals surface area contributed by atoms with Gasteiger partial charge < -0.3 is 19.8 Å². The van der Waals surface area contributed by atoms with Crippen molar-refractivity contribution in [3.8, 4) is 5.75 Å². The Balaban J connectivity index is 2.44. The van der Waals surface area contributed by atoms with Crippen LogP contribution in [0.25, 0.3) is 0 Å². The molecule has 0 aliphatic carbocycles. The Morgan fingerprint density at radius 1 is 1.15 bits per heavy atom. The van der Waals surface area contributed by atoms with E-state index < -0.39 is 5.41 Å². The third-order valence-electron chi connectivity index (χ3n) is 3.54. The lowest BCUT2D eigenvalue weighted by atomic mass is 9.92. The van der Waals surface area contributed by atoms with Gasteiger partial charge in [0.2, 0.25) is 0 Å². The fourth-order valence-corrected chi connectivity index (χ4v) is 2.21. The normalized spacial score (nSPS) is 11.9. The van der Waals surface area contributed by atoms with Gasteiger partial charge in [-0.1, -0.05) is 25.1 Å². The number of aliphatic hydroxyl groups excluding tert-OH is 2. The molecule has 0 aliphatic heterocycles. The van der Waals surface area contributed by atoms with E-state index in [1.807, 2.05) is 46.0 Å². The molecule has 0 saturated carbocycles. The molecule has 0 spiro atoms. The third kappa shape index (κ3) is 4.78. The van der Waals surface area contributed by atoms with Crippen LogP contribution in [-0.4, -0.2) is 55.1 Å². The summed E-state index contributed by atoms with van der Waals surface area (Å²) < 4.78 is 5.85. The van der Waals surface area contributed by atoms with Crippen LogP contribution in [0.4, 0.5) is 0 Å². The average Bonchev–Trinajstić information content (AvgIpc) is 2.42. The van der Waals surface area contributed by atoms with Crippen LogP contribution in [0.15, 0.2) is 18.2 Å². The van der Waals surface area contributed by atoms with Gasteiger partial charge in [0.1, 0.15) is 12.4 Å². The Kier molecular flexibility index (Phi) is 6.46. The van der Waals surface area contributed by atoms with Gasteiger partial charge in [-0.05, 0) is 32.0 Å². The number of hydrogen-bond acceptors (Lipinski definition) is 4. The molecule has 1 aromatic carbocycles. The minimum absolute atomic E-state index is 0.0222. The molecule has 0 unspecified atom stereocenters. The number of rotatable bonds is 8. The van der Waals surface area contributed by atoms with E-state index in [2.05, 4.69) is 4.90 Å². The molecule has 0 amide bonds. The van der Waals surface area contributed by atoms with Crippen molar-refractivity contribution in [2.75, 3.05) is 40.0 Å². The van der Waals surface area contributed by atoms with Gasteiger partial charge in [-0.15, -0.1) is 0 Å². The average molecular weight is 281 g/mol. The Hall–Kier alpha value is -1.10. The fourth-order valence-electron chi connectivity index (χ4n) is 2.21. The first-order valence-electron chi connectivity index (χ1n) is 7.01. The lowest BCUT2D eigenvalue weighted by Crippen LogP contribution is -2.40. The molecule has 1 aromatic rings. The standard InChI is InChI=1S/C16H27NO3/c1-13-6-5-7-14(2)15(13)20-9-8-17(4)10-16(3,11-18)12-19/h5-7,18-19H,8-12H2,1-4H3. The van der Waals surface area contributed by atoms with E-state index in [1.165, 1.54) is 0 Å². The van der Waals surface area contributed by atoms with E-state index in [4.69, 9.17) is 4.74 Å². The Bertz CT molecular complexity index is 396. The van der Waals surface area contributed by atoms with Crippen LogP contribution in [-0.2, 0) is 0 Å². The minimum Gasteiger partial charge on any atom is -0.492 e. The summed E-state index contributed by atoms with van der Waals surface area (Å²) in [7, 11) is 1.97. The molecule has 4 nitrogen and oxygen atoms in total. The minimum atomic E-state index is -0.465. The molecule has 0 bridgehead atoms. The summed E-state index contributed by atoms with van der Waals surface area (Å²) in [6.45, 7) is 7.89. The predicted molar refractivity (Wildman–Crippen MR) is 81.2 cm³/mol. The van der Waals surface area contributed by atoms with Gasteiger partial charge in [-0.25, -0.2) is 0 Å². The van der Waals surface area contributed by atoms with E-state index in [-0.39, 0.29) is 13.2 Å². The second-order valence-corrected chi connectivity index (χ2v) is 5.93. The highest BCUT2D eigenvalue weighted by Crippen LogP contribution is 2.22. The zero-order valence-corrected chi connectivity index (χ0v) is 13.0. The van der Waals surface area contributed by atoms with Crippen molar-refractivity contribution in [3.05, 3.63) is 29.3 Å². The van der Waals surface area contributed by atoms with E-state index in [1.54, 1.807) is 0 Å². The summed E-state index contributed by atoms with van der Waals surface area (Å²) in [5.41, 5.74) is 1.82. The van der Waals surface area contributed by atoms with Gasteiger partial charge in [0.05, 0.1) is 13.2 Å². The predicted octanol–water partition coefficient (Wildman–Crippen LogP) is 1.60. The molecular weight excluding hydrogens is 254 g/mol. The summed E-state index contributed by atoms with van der Waals surface area (Å²) in [6, 6.07) is 6.11. The number of para-hydroxylation sites is 1. The third-order valence-corrected chi connectivity index (χ3v) is 3.54. The van der Waals surface area contributed by atoms with E-state index in [0.29, 0.717) is 13.2 Å². The summed E-state index contributed by atoms with van der Waals surface area (Å²) in [6.07, 6.45) is 0. The van der Waals surface area contributed by atoms with Crippen LogP contribution in [0, 0.1) is 19.3 Å². The Morgan fingerprint density at radius 3 is 2.20 bits per heavy atom. The molecule has 0 aliphatic rings. The monoisotopic (exact) mass is 281 g/mol. The first kappa shape index (κ1) is 17.0. The van der Waals surface area contributed by atoms with Crippen molar-refractivity contribution in [1.82, 2.24) is 4.90 Å². The molecule has 0 heterocycles. The van der Waals surface area contributed by atoms with Crippen molar-refractivity contribution in [2.45, 2.75) is 20.8 Å². The second kappa shape index (κ2) is 7.62. The maximum absolute atomic E-state index is 9.29. The van der Waals surface area contributed by atoms with E-state index in [9.17, 15) is 10.2 Å². The highest BCUT2D eigenvalue weighted by molar-refractivity contribution is 5.39. The van der Waals surface area contributed by atoms with Crippen LogP contribution < -0.4 is 4.74 Å². The molecule has 4 heteroatoms. The smallest absolute Gasteiger partial charge is 0.125 e. The maximum Gasteiger partial charge on any atom is 0.125 e. The largest absolute Gasteiger partial charge is 0.492 e. The number of aliphatic hydroxyl groups is 2. The topological polar surface area (TPSA) is 52.9 Å². The molecule has 20 heavy (non-hydrogen) atoms. The number of ether oxygens (including phenoxy) is 1. The first-order chi connectivity index (χ1) is 9.41. The van der Waals surface area contributed by atoms with E-state index in [0.717, 1.165) is 23.4 Å². The fraction of sp³-hybridized carbons (Fsp3) is 0.625. The maximum atomic E-state index is 9.29. The Morgan fingerprint density at radius 2 is 1.70 bits per heavy atom. The van der Waals surface area contributed by atoms with Gasteiger partial charge in [0.25, 0.3) is 0 Å². The van der Waals surface area contributed by atoms with Crippen LogP contribution in [0.2, 0.25) is 0 Å². The van der Waals surface area contributed by atoms with E-state index >= 15 is 0 Å². The summed E-state index contributed by atoms with van der Waals surface area (Å²) >= 11 is 0. The van der Waals surface area contributed by atoms with Gasteiger partial charge in [-0.2, -0.15) is 0 Å². The summed E-state index contributed by atoms with van der Waals surface area (Å²) in [5, 5.41) is 18.6. The van der Waals surface area contributed by atoms with Crippen LogP contribution in [0.5, 0.6) is 5.75 Å². The molecule has 0 saturated heterocycles. The molecule has 2 N–H and O–H groups in total. The second-order valence-electron chi connectivity index (χ2n) is 5.93. The highest BCUT2D eigenvalue weighted by atomic mass is 16.5. The lowest BCUT2D eigenvalue weighted by Gasteiger charge is -2.30. The molecule has 0 fully saturated rings. The highest BCUT2D eigenvalue weighted by Gasteiger charge is 2.24. The van der Waals surface area contributed by atoms with Gasteiger partial charge in [0.15, 0.2) is 0 Å². The summed E-state index contributed by atoms with van der Waals surface area (Å²) in [5.74, 6) is 0.952. The quantitative estimate of drug-likeness (QED) is 0.760. The lowest BCUT2D eigenvalue weighted by molar-refractivity contribution is 0.0390. The first-order valence-corrected chi connectivity index (χ1v) is 7.01. The zero-order valence-electron chi connectivity index (χ0n) is 13.0. The van der Waals surface area contributed by atoms with Crippen molar-refractivity contribution in [2.24, 2.45) is 5.41 Å². The van der Waals surface area contributed by atoms with Crippen molar-refractivity contribution < 1.29 is 14.9 Å². The number of hydrogen-bond donors (Lipinski definition) is 2. The van der Waals surface area contributed by atoms with Crippen molar-refractivity contribution >= 4 is 0 Å². The van der Waals surface area contributed by atoms with Gasteiger partial charge in [-0.3, -0.25) is 0 Å². The number of nitrogens with zero attached hydrogens (tertiary/aromatic N) is 1.